The number of carbonyl (C=O) groups is 1. The lowest BCUT2D eigenvalue weighted by atomic mass is 9.97. The molecule has 0 aliphatic carbocycles. The van der Waals surface area contributed by atoms with E-state index in [-0.39, 0.29) is 24.2 Å². The van der Waals surface area contributed by atoms with E-state index in [1.54, 1.807) is 6.20 Å². The second kappa shape index (κ2) is 7.10. The lowest BCUT2D eigenvalue weighted by Gasteiger charge is -2.40. The Bertz CT molecular complexity index is 892. The van der Waals surface area contributed by atoms with Crippen LogP contribution in [0.15, 0.2) is 28.9 Å². The minimum absolute atomic E-state index is 0.184. The second-order valence-corrected chi connectivity index (χ2v) is 9.75. The molecule has 1 aromatic carbocycles. The van der Waals surface area contributed by atoms with E-state index in [1.165, 1.54) is 0 Å². The number of hydrogen-bond donors (Lipinski definition) is 2. The normalized spacial score (nSPS) is 24.4. The van der Waals surface area contributed by atoms with Gasteiger partial charge in [-0.15, -0.1) is 0 Å². The van der Waals surface area contributed by atoms with Crippen molar-refractivity contribution in [3.8, 4) is 0 Å². The summed E-state index contributed by atoms with van der Waals surface area (Å²) in [6.07, 6.45) is 5.37. The summed E-state index contributed by atoms with van der Waals surface area (Å²) in [6, 6.07) is 6.71. The molecule has 2 aliphatic heterocycles. The monoisotopic (exact) mass is 446 g/mol. The molecule has 2 unspecified atom stereocenters. The van der Waals surface area contributed by atoms with Crippen LogP contribution in [0.4, 0.5) is 16.2 Å². The Labute approximate surface area is 173 Å². The van der Waals surface area contributed by atoms with Gasteiger partial charge in [-0.2, -0.15) is 0 Å². The van der Waals surface area contributed by atoms with Crippen LogP contribution < -0.4 is 11.1 Å². The largest absolute Gasteiger partial charge is 0.444 e. The molecule has 1 amide bonds. The van der Waals surface area contributed by atoms with Crippen LogP contribution >= 0.6 is 15.9 Å². The van der Waals surface area contributed by atoms with Gasteiger partial charge in [0.15, 0.2) is 0 Å². The number of amides is 1. The summed E-state index contributed by atoms with van der Waals surface area (Å²) in [6.45, 7) is 5.74. The SMILES string of the molecule is CC(C)(C)OC(=O)N1C2CCC1CC(Nc1c(N)cnc3ccc(Br)cc13)C2. The maximum atomic E-state index is 12.7. The first kappa shape index (κ1) is 19.3. The standard InChI is InChI=1S/C21H27BrN4O2/c1-21(2,3)28-20(27)26-14-5-6-15(26)10-13(9-14)25-19-16-8-12(22)4-7-18(16)24-11-17(19)23/h4,7-8,11,13-15H,5-6,9-10,23H2,1-3H3,(H,24,25). The molecule has 3 heterocycles. The summed E-state index contributed by atoms with van der Waals surface area (Å²) >= 11 is 3.54. The van der Waals surface area contributed by atoms with Gasteiger partial charge < -0.3 is 20.7 Å². The molecule has 2 aliphatic rings. The molecule has 150 valence electrons. The molecule has 2 saturated heterocycles. The zero-order chi connectivity index (χ0) is 20.1. The zero-order valence-corrected chi connectivity index (χ0v) is 18.1. The van der Waals surface area contributed by atoms with E-state index >= 15 is 0 Å². The van der Waals surface area contributed by atoms with Gasteiger partial charge in [0.1, 0.15) is 5.60 Å². The van der Waals surface area contributed by atoms with E-state index in [2.05, 4.69) is 26.2 Å². The quantitative estimate of drug-likeness (QED) is 0.683. The number of nitrogens with one attached hydrogen (secondary N) is 1. The Kier molecular flexibility index (Phi) is 4.89. The fourth-order valence-corrected chi connectivity index (χ4v) is 4.81. The van der Waals surface area contributed by atoms with Crippen LogP contribution in [0, 0.1) is 0 Å². The molecule has 6 nitrogen and oxygen atoms in total. The van der Waals surface area contributed by atoms with Gasteiger partial charge >= 0.3 is 6.09 Å². The Balaban J connectivity index is 1.54. The van der Waals surface area contributed by atoms with Gasteiger partial charge in [0.25, 0.3) is 0 Å². The summed E-state index contributed by atoms with van der Waals surface area (Å²) < 4.78 is 6.63. The number of rotatable bonds is 2. The molecule has 28 heavy (non-hydrogen) atoms. The zero-order valence-electron chi connectivity index (χ0n) is 16.5. The van der Waals surface area contributed by atoms with Crippen LogP contribution in [0.3, 0.4) is 0 Å². The Morgan fingerprint density at radius 2 is 1.96 bits per heavy atom. The lowest BCUT2D eigenvalue weighted by molar-refractivity contribution is 0.00684. The first-order chi connectivity index (χ1) is 13.2. The van der Waals surface area contributed by atoms with Crippen LogP contribution in [0.2, 0.25) is 0 Å². The molecule has 2 fully saturated rings. The van der Waals surface area contributed by atoms with E-state index in [0.717, 1.165) is 46.7 Å². The Hall–Kier alpha value is -2.02. The summed E-state index contributed by atoms with van der Waals surface area (Å²) in [5.74, 6) is 0. The number of nitrogens with zero attached hydrogens (tertiary/aromatic N) is 2. The van der Waals surface area contributed by atoms with Gasteiger partial charge in [-0.05, 0) is 64.7 Å². The maximum absolute atomic E-state index is 12.7. The lowest BCUT2D eigenvalue weighted by Crippen LogP contribution is -2.51. The Morgan fingerprint density at radius 1 is 1.29 bits per heavy atom. The number of anilines is 2. The predicted molar refractivity (Wildman–Crippen MR) is 115 cm³/mol. The third-order valence-electron chi connectivity index (χ3n) is 5.55. The van der Waals surface area contributed by atoms with Crippen molar-refractivity contribution in [1.29, 1.82) is 0 Å². The number of piperidine rings is 1. The molecule has 1 aromatic heterocycles. The van der Waals surface area contributed by atoms with E-state index < -0.39 is 5.60 Å². The van der Waals surface area contributed by atoms with E-state index in [0.29, 0.717) is 5.69 Å². The molecule has 0 spiro atoms. The summed E-state index contributed by atoms with van der Waals surface area (Å²) in [7, 11) is 0. The van der Waals surface area contributed by atoms with Crippen molar-refractivity contribution in [3.63, 3.8) is 0 Å². The van der Waals surface area contributed by atoms with E-state index in [9.17, 15) is 4.79 Å². The van der Waals surface area contributed by atoms with Crippen LogP contribution in [0.5, 0.6) is 0 Å². The number of aromatic nitrogens is 1. The third-order valence-corrected chi connectivity index (χ3v) is 6.04. The van der Waals surface area contributed by atoms with Gasteiger partial charge in [0, 0.05) is 28.0 Å². The third kappa shape index (κ3) is 3.77. The van der Waals surface area contributed by atoms with E-state index in [4.69, 9.17) is 10.5 Å². The highest BCUT2D eigenvalue weighted by Gasteiger charge is 2.45. The highest BCUT2D eigenvalue weighted by molar-refractivity contribution is 9.10. The molecule has 2 bridgehead atoms. The maximum Gasteiger partial charge on any atom is 0.410 e. The van der Waals surface area contributed by atoms with Crippen LogP contribution in [0.1, 0.15) is 46.5 Å². The van der Waals surface area contributed by atoms with Gasteiger partial charge in [0.05, 0.1) is 23.1 Å². The minimum atomic E-state index is -0.469. The summed E-state index contributed by atoms with van der Waals surface area (Å²) in [5, 5.41) is 4.67. The number of pyridine rings is 1. The summed E-state index contributed by atoms with van der Waals surface area (Å²) in [4.78, 5) is 19.1. The molecule has 0 saturated carbocycles. The number of ether oxygens (including phenoxy) is 1. The topological polar surface area (TPSA) is 80.5 Å². The molecular weight excluding hydrogens is 420 g/mol. The second-order valence-electron chi connectivity index (χ2n) is 8.84. The highest BCUT2D eigenvalue weighted by atomic mass is 79.9. The van der Waals surface area contributed by atoms with Gasteiger partial charge in [-0.25, -0.2) is 4.79 Å². The van der Waals surface area contributed by atoms with Crippen LogP contribution in [-0.4, -0.2) is 39.7 Å². The molecule has 2 aromatic rings. The van der Waals surface area contributed by atoms with E-state index in [1.807, 2.05) is 43.9 Å². The van der Waals surface area contributed by atoms with Gasteiger partial charge in [-0.1, -0.05) is 15.9 Å². The average molecular weight is 447 g/mol. The van der Waals surface area contributed by atoms with Crippen molar-refractivity contribution in [2.75, 3.05) is 11.1 Å². The molecule has 4 rings (SSSR count). The van der Waals surface area contributed by atoms with Crippen molar-refractivity contribution in [1.82, 2.24) is 9.88 Å². The summed E-state index contributed by atoms with van der Waals surface area (Å²) in [5.41, 5.74) is 8.28. The first-order valence-electron chi connectivity index (χ1n) is 9.83. The predicted octanol–water partition coefficient (Wildman–Crippen LogP) is 4.92. The van der Waals surface area contributed by atoms with Crippen molar-refractivity contribution in [2.24, 2.45) is 0 Å². The van der Waals surface area contributed by atoms with Crippen molar-refractivity contribution >= 4 is 44.3 Å². The van der Waals surface area contributed by atoms with Crippen LogP contribution in [0.25, 0.3) is 10.9 Å². The number of nitrogen functional groups attached to an aromatic ring is 1. The molecule has 0 radical (unpaired) electrons. The molecule has 2 atom stereocenters. The average Bonchev–Trinajstić information content (AvgIpc) is 2.87. The molecular formula is C21H27BrN4O2. The fraction of sp³-hybridized carbons (Fsp3) is 0.524. The van der Waals surface area contributed by atoms with Gasteiger partial charge in [0.2, 0.25) is 0 Å². The minimum Gasteiger partial charge on any atom is -0.444 e. The number of halogens is 1. The van der Waals surface area contributed by atoms with Crippen LogP contribution in [-0.2, 0) is 4.74 Å². The smallest absolute Gasteiger partial charge is 0.410 e. The van der Waals surface area contributed by atoms with Crippen molar-refractivity contribution in [2.45, 2.75) is 70.2 Å². The first-order valence-corrected chi connectivity index (χ1v) is 10.6. The number of benzene rings is 1. The van der Waals surface area contributed by atoms with Gasteiger partial charge in [-0.3, -0.25) is 4.98 Å². The number of fused-ring (bicyclic) bond motifs is 3. The number of hydrogen-bond acceptors (Lipinski definition) is 5. The number of nitrogens with two attached hydrogens (primary N) is 1. The highest BCUT2D eigenvalue weighted by Crippen LogP contribution is 2.39. The van der Waals surface area contributed by atoms with Crippen molar-refractivity contribution < 1.29 is 9.53 Å². The fourth-order valence-electron chi connectivity index (χ4n) is 4.45. The number of carbonyl (C=O) groups excluding carboxylic acids is 1. The molecule has 3 N–H and O–H groups in total. The Morgan fingerprint density at radius 3 is 2.61 bits per heavy atom. The molecule has 7 heteroatoms. The van der Waals surface area contributed by atoms with Crippen molar-refractivity contribution in [3.05, 3.63) is 28.9 Å².